The van der Waals surface area contributed by atoms with E-state index in [-0.39, 0.29) is 15.7 Å². The van der Waals surface area contributed by atoms with Crippen molar-refractivity contribution in [3.63, 3.8) is 0 Å². The van der Waals surface area contributed by atoms with Crippen molar-refractivity contribution < 1.29 is 13.3 Å². The topological polar surface area (TPSA) is 27.7 Å². The summed E-state index contributed by atoms with van der Waals surface area (Å²) in [6.45, 7) is 39.9. The van der Waals surface area contributed by atoms with E-state index in [9.17, 15) is 0 Å². The molecule has 1 aromatic carbocycles. The average molecular weight is 763 g/mol. The lowest BCUT2D eigenvalue weighted by atomic mass is 9.61. The third-order valence-electron chi connectivity index (χ3n) is 13.8. The molecule has 0 N–H and O–H groups in total. The van der Waals surface area contributed by atoms with Crippen LogP contribution in [0.25, 0.3) is 0 Å². The van der Waals surface area contributed by atoms with Crippen molar-refractivity contribution in [1.82, 2.24) is 0 Å². The molecule has 3 fully saturated rings. The van der Waals surface area contributed by atoms with Gasteiger partial charge in [0, 0.05) is 24.3 Å². The number of allylic oxidation sites excluding steroid dienone is 3. The van der Waals surface area contributed by atoms with E-state index in [1.165, 1.54) is 43.2 Å². The van der Waals surface area contributed by atoms with Gasteiger partial charge in [-0.15, -0.1) is 0 Å². The van der Waals surface area contributed by atoms with Gasteiger partial charge in [0.1, 0.15) is 0 Å². The number of benzene rings is 1. The second kappa shape index (κ2) is 15.4. The summed E-state index contributed by atoms with van der Waals surface area (Å²) in [6.07, 6.45) is 15.6. The van der Waals surface area contributed by atoms with E-state index in [0.717, 1.165) is 31.2 Å². The molecule has 0 aromatic heterocycles. The fraction of sp³-hybridized carbons (Fsp3) is 0.739. The van der Waals surface area contributed by atoms with Gasteiger partial charge < -0.3 is 13.3 Å². The van der Waals surface area contributed by atoms with Crippen LogP contribution in [-0.4, -0.2) is 30.7 Å². The summed E-state index contributed by atoms with van der Waals surface area (Å²) in [7, 11) is -5.81. The Balaban J connectivity index is 1.55. The zero-order valence-corrected chi connectivity index (χ0v) is 39.8. The summed E-state index contributed by atoms with van der Waals surface area (Å²) in [4.78, 5) is 0. The van der Waals surface area contributed by atoms with Gasteiger partial charge in [0.05, 0.1) is 5.60 Å². The Morgan fingerprint density at radius 2 is 1.40 bits per heavy atom. The minimum Gasteiger partial charge on any atom is -0.409 e. The molecular formula is C46H78O3Si3. The lowest BCUT2D eigenvalue weighted by Gasteiger charge is -2.52. The summed E-state index contributed by atoms with van der Waals surface area (Å²) in [5.74, 6) is 8.48. The molecular weight excluding hydrogens is 685 g/mol. The molecule has 0 unspecified atom stereocenters. The second-order valence-electron chi connectivity index (χ2n) is 21.7. The number of fused-ring (bicyclic) bond motifs is 1. The third kappa shape index (κ3) is 10.1. The summed E-state index contributed by atoms with van der Waals surface area (Å²) in [5, 5.41) is 0.271. The van der Waals surface area contributed by atoms with Crippen LogP contribution >= 0.6 is 0 Å². The molecule has 0 spiro atoms. The van der Waals surface area contributed by atoms with Gasteiger partial charge in [-0.25, -0.2) is 0 Å². The Morgan fingerprint density at radius 1 is 0.808 bits per heavy atom. The first kappa shape index (κ1) is 43.5. The molecule has 4 rings (SSSR count). The van der Waals surface area contributed by atoms with Crippen molar-refractivity contribution in [2.75, 3.05) is 0 Å². The number of rotatable bonds is 9. The van der Waals surface area contributed by atoms with Gasteiger partial charge in [0.2, 0.25) is 0 Å². The molecule has 3 aliphatic carbocycles. The molecule has 0 bridgehead atoms. The normalized spacial score (nSPS) is 26.9. The maximum Gasteiger partial charge on any atom is 0.195 e. The zero-order valence-electron chi connectivity index (χ0n) is 36.8. The fourth-order valence-electron chi connectivity index (χ4n) is 9.10. The zero-order chi connectivity index (χ0) is 39.2. The van der Waals surface area contributed by atoms with Crippen molar-refractivity contribution >= 4 is 25.0 Å². The molecule has 3 aliphatic rings. The van der Waals surface area contributed by atoms with E-state index in [1.807, 2.05) is 0 Å². The number of hydrogen-bond donors (Lipinski definition) is 0. The summed E-state index contributed by atoms with van der Waals surface area (Å²) in [6, 6.07) is 8.76. The van der Waals surface area contributed by atoms with Crippen molar-refractivity contribution in [1.29, 1.82) is 0 Å². The van der Waals surface area contributed by atoms with E-state index in [0.29, 0.717) is 23.2 Å². The van der Waals surface area contributed by atoms with Gasteiger partial charge in [0.25, 0.3) is 0 Å². The van der Waals surface area contributed by atoms with Crippen molar-refractivity contribution in [2.24, 2.45) is 23.2 Å². The molecule has 3 nitrogen and oxygen atoms in total. The van der Waals surface area contributed by atoms with Gasteiger partial charge in [-0.05, 0) is 150 Å². The van der Waals surface area contributed by atoms with Crippen LogP contribution in [0.1, 0.15) is 138 Å². The Morgan fingerprint density at radius 3 is 1.98 bits per heavy atom. The third-order valence-corrected chi connectivity index (χ3v) is 23.9. The molecule has 4 atom stereocenters. The van der Waals surface area contributed by atoms with Crippen molar-refractivity contribution in [3.8, 4) is 11.8 Å². The van der Waals surface area contributed by atoms with Gasteiger partial charge in [-0.3, -0.25) is 0 Å². The minimum absolute atomic E-state index is 0.135. The van der Waals surface area contributed by atoms with E-state index < -0.39 is 30.7 Å². The largest absolute Gasteiger partial charge is 0.409 e. The smallest absolute Gasteiger partial charge is 0.195 e. The molecule has 0 aliphatic heterocycles. The van der Waals surface area contributed by atoms with Crippen LogP contribution in [0.3, 0.4) is 0 Å². The Kier molecular flexibility index (Phi) is 12.9. The highest BCUT2D eigenvalue weighted by molar-refractivity contribution is 6.75. The van der Waals surface area contributed by atoms with Crippen LogP contribution in [0, 0.1) is 35.0 Å². The summed E-state index contributed by atoms with van der Waals surface area (Å²) >= 11 is 0. The molecule has 0 radical (unpaired) electrons. The van der Waals surface area contributed by atoms with Crippen LogP contribution in [-0.2, 0) is 18.9 Å². The summed E-state index contributed by atoms with van der Waals surface area (Å²) < 4.78 is 21.3. The first-order valence-electron chi connectivity index (χ1n) is 20.7. The van der Waals surface area contributed by atoms with Crippen LogP contribution in [0.4, 0.5) is 0 Å². The van der Waals surface area contributed by atoms with Gasteiger partial charge >= 0.3 is 0 Å². The SMILES string of the molecule is C[C@H](C#Cc1cccc(C(C)(C)O[Si](C)(C)C)c1)[C@H]1CC[C@H]2/C(=C/C=C3/CCCC(O[Si](C)(C)C(C)(C)C)(O[Si](C)(C)C(C)(C)C)C3)CCC[C@]12C. The maximum absolute atomic E-state index is 7.38. The minimum atomic E-state index is -2.06. The molecule has 1 aromatic rings. The highest BCUT2D eigenvalue weighted by atomic mass is 28.4. The van der Waals surface area contributed by atoms with E-state index >= 15 is 0 Å². The standard InChI is InChI=1S/C46H78O3Si3/c1-35(25-26-36-21-18-24-39(33-36)44(8,9)47-50(11,12)13)40-29-30-41-38(23-20-31-45(40,41)10)28-27-37-22-19-32-46(34-37,48-51(14,15)42(2,3)4)49-52(16,17)43(5,6)7/h18,21,24,27-28,33,35,40-41H,19-20,22-23,29-32,34H2,1-17H3/b37-27-,38-28+/t35-,40-,41+,45-/m1/s1. The molecule has 292 valence electrons. The molecule has 0 heterocycles. The second-order valence-corrected chi connectivity index (χ2v) is 35.6. The lowest BCUT2D eigenvalue weighted by Crippen LogP contribution is -2.57. The Labute approximate surface area is 324 Å². The van der Waals surface area contributed by atoms with Crippen LogP contribution in [0.5, 0.6) is 0 Å². The molecule has 52 heavy (non-hydrogen) atoms. The predicted octanol–water partition coefficient (Wildman–Crippen LogP) is 14.1. The van der Waals surface area contributed by atoms with E-state index in [2.05, 4.69) is 163 Å². The molecule has 0 amide bonds. The highest BCUT2D eigenvalue weighted by Crippen LogP contribution is 2.59. The number of hydrogen-bond acceptors (Lipinski definition) is 3. The van der Waals surface area contributed by atoms with Gasteiger partial charge in [0.15, 0.2) is 30.7 Å². The maximum atomic E-state index is 7.38. The highest BCUT2D eigenvalue weighted by Gasteiger charge is 2.52. The molecule has 0 saturated heterocycles. The first-order valence-corrected chi connectivity index (χ1v) is 29.9. The molecule has 3 saturated carbocycles. The van der Waals surface area contributed by atoms with Crippen LogP contribution in [0.2, 0.25) is 55.9 Å². The van der Waals surface area contributed by atoms with Gasteiger partial charge in [-0.2, -0.15) is 0 Å². The monoisotopic (exact) mass is 763 g/mol. The van der Waals surface area contributed by atoms with E-state index in [4.69, 9.17) is 13.3 Å². The average Bonchev–Trinajstić information content (AvgIpc) is 3.34. The Bertz CT molecular complexity index is 1510. The van der Waals surface area contributed by atoms with Crippen LogP contribution in [0.15, 0.2) is 47.6 Å². The van der Waals surface area contributed by atoms with Crippen LogP contribution < -0.4 is 0 Å². The van der Waals surface area contributed by atoms with Gasteiger partial charge in [-0.1, -0.05) is 103 Å². The molecule has 6 heteroatoms. The fourth-order valence-corrected chi connectivity index (χ4v) is 13.7. The summed E-state index contributed by atoms with van der Waals surface area (Å²) in [5.41, 5.74) is 5.50. The first-order chi connectivity index (χ1) is 23.6. The predicted molar refractivity (Wildman–Crippen MR) is 232 cm³/mol. The van der Waals surface area contributed by atoms with E-state index in [1.54, 1.807) is 5.57 Å². The lowest BCUT2D eigenvalue weighted by molar-refractivity contribution is -0.145. The Hall–Kier alpha value is -1.21. The quantitative estimate of drug-likeness (QED) is 0.142. The van der Waals surface area contributed by atoms with Crippen molar-refractivity contribution in [2.45, 2.75) is 194 Å². The van der Waals surface area contributed by atoms with Crippen molar-refractivity contribution in [3.05, 3.63) is 58.7 Å².